The molecule has 0 saturated heterocycles. The molecule has 4 rings (SSSR count). The third-order valence-electron chi connectivity index (χ3n) is 5.57. The Morgan fingerprint density at radius 1 is 1.06 bits per heavy atom. The Morgan fingerprint density at radius 3 is 2.47 bits per heavy atom. The van der Waals surface area contributed by atoms with Crippen LogP contribution in [0.1, 0.15) is 57.5 Å². The monoisotopic (exact) mass is 478 g/mol. The van der Waals surface area contributed by atoms with Crippen LogP contribution in [0.4, 0.5) is 4.79 Å². The van der Waals surface area contributed by atoms with Gasteiger partial charge in [-0.25, -0.2) is 14.8 Å². The average Bonchev–Trinajstić information content (AvgIpc) is 3.15. The number of alkyl carbamates (subject to hydrolysis) is 1. The number of carbonyl (C=O) groups is 1. The summed E-state index contributed by atoms with van der Waals surface area (Å²) in [5.74, 6) is 1.02. The summed E-state index contributed by atoms with van der Waals surface area (Å²) < 4.78 is 7.58. The maximum Gasteiger partial charge on any atom is 0.407 e. The van der Waals surface area contributed by atoms with Gasteiger partial charge in [-0.15, -0.1) is 0 Å². The van der Waals surface area contributed by atoms with E-state index in [0.29, 0.717) is 18.2 Å². The molecule has 0 spiro atoms. The number of carbonyl (C=O) groups excluding carboxylic acids is 1. The number of nitrogens with one attached hydrogen (secondary N) is 1. The summed E-state index contributed by atoms with van der Waals surface area (Å²) in [6.45, 7) is 8.82. The zero-order valence-corrected chi connectivity index (χ0v) is 20.9. The van der Waals surface area contributed by atoms with Gasteiger partial charge in [0.05, 0.1) is 11.0 Å². The van der Waals surface area contributed by atoms with Crippen LogP contribution in [-0.2, 0) is 24.2 Å². The lowest BCUT2D eigenvalue weighted by molar-refractivity contribution is 0.0523. The number of ether oxygens (including phenoxy) is 1. The highest BCUT2D eigenvalue weighted by Crippen LogP contribution is 2.31. The Labute approximate surface area is 205 Å². The first-order chi connectivity index (χ1) is 16.2. The molecule has 0 saturated carbocycles. The molecule has 6 nitrogen and oxygen atoms in total. The molecular formula is C27H31ClN4O2. The van der Waals surface area contributed by atoms with Crippen LogP contribution in [0.3, 0.4) is 0 Å². The van der Waals surface area contributed by atoms with Gasteiger partial charge in [-0.3, -0.25) is 0 Å². The second kappa shape index (κ2) is 10.0. The molecule has 0 unspecified atom stereocenters. The molecule has 0 bridgehead atoms. The second-order valence-corrected chi connectivity index (χ2v) is 9.86. The van der Waals surface area contributed by atoms with Gasteiger partial charge in [0.25, 0.3) is 0 Å². The van der Waals surface area contributed by atoms with Gasteiger partial charge in [0.15, 0.2) is 5.15 Å². The van der Waals surface area contributed by atoms with Crippen molar-refractivity contribution in [2.24, 2.45) is 0 Å². The largest absolute Gasteiger partial charge is 0.444 e. The predicted molar refractivity (Wildman–Crippen MR) is 137 cm³/mol. The zero-order valence-electron chi connectivity index (χ0n) is 20.2. The highest BCUT2D eigenvalue weighted by atomic mass is 35.5. The summed E-state index contributed by atoms with van der Waals surface area (Å²) in [4.78, 5) is 21.4. The summed E-state index contributed by atoms with van der Waals surface area (Å²) in [5.41, 5.74) is 4.29. The Bertz CT molecular complexity index is 1310. The summed E-state index contributed by atoms with van der Waals surface area (Å²) in [6, 6.07) is 16.3. The van der Waals surface area contributed by atoms with Gasteiger partial charge in [-0.05, 0) is 44.4 Å². The van der Waals surface area contributed by atoms with E-state index in [1.807, 2.05) is 51.1 Å². The molecule has 2 aromatic heterocycles. The molecule has 4 aromatic rings. The van der Waals surface area contributed by atoms with Crippen LogP contribution in [-0.4, -0.2) is 26.2 Å². The number of hydrogen-bond acceptors (Lipinski definition) is 4. The van der Waals surface area contributed by atoms with Crippen molar-refractivity contribution < 1.29 is 9.53 Å². The van der Waals surface area contributed by atoms with Gasteiger partial charge >= 0.3 is 6.09 Å². The van der Waals surface area contributed by atoms with E-state index in [1.54, 1.807) is 0 Å². The smallest absolute Gasteiger partial charge is 0.407 e. The van der Waals surface area contributed by atoms with Crippen molar-refractivity contribution in [3.8, 4) is 0 Å². The lowest BCUT2D eigenvalue weighted by Crippen LogP contribution is -2.32. The molecule has 2 aromatic carbocycles. The topological polar surface area (TPSA) is 69.0 Å². The summed E-state index contributed by atoms with van der Waals surface area (Å²) in [6.07, 6.45) is 2.62. The lowest BCUT2D eigenvalue weighted by atomic mass is 10.1. The molecule has 0 atom stereocenters. The van der Waals surface area contributed by atoms with Crippen molar-refractivity contribution in [3.05, 3.63) is 70.6 Å². The van der Waals surface area contributed by atoms with Crippen molar-refractivity contribution in [2.75, 3.05) is 0 Å². The first-order valence-electron chi connectivity index (χ1n) is 11.7. The number of rotatable bonds is 7. The summed E-state index contributed by atoms with van der Waals surface area (Å²) in [5, 5.41) is 4.30. The number of fused-ring (bicyclic) bond motifs is 3. The van der Waals surface area contributed by atoms with E-state index in [0.717, 1.165) is 58.2 Å². The number of benzene rings is 2. The first kappa shape index (κ1) is 24.0. The molecule has 0 aliphatic heterocycles. The number of amides is 1. The van der Waals surface area contributed by atoms with Gasteiger partial charge in [-0.1, -0.05) is 67.4 Å². The van der Waals surface area contributed by atoms with E-state index in [1.165, 1.54) is 0 Å². The quantitative estimate of drug-likeness (QED) is 0.302. The van der Waals surface area contributed by atoms with Crippen LogP contribution in [0, 0.1) is 0 Å². The number of para-hydroxylation sites is 1. The SMILES string of the molecule is CCCCc1nc2c(Cl)nc3ccccc3c2n1Cc1ccc(CNC(=O)OC(C)(C)C)cc1. The molecule has 0 fully saturated rings. The Hall–Kier alpha value is -3.12. The normalized spacial score (nSPS) is 11.8. The van der Waals surface area contributed by atoms with E-state index in [-0.39, 0.29) is 0 Å². The van der Waals surface area contributed by atoms with Crippen molar-refractivity contribution in [2.45, 2.75) is 65.6 Å². The summed E-state index contributed by atoms with van der Waals surface area (Å²) in [7, 11) is 0. The lowest BCUT2D eigenvalue weighted by Gasteiger charge is -2.19. The van der Waals surface area contributed by atoms with Gasteiger partial charge in [-0.2, -0.15) is 0 Å². The van der Waals surface area contributed by atoms with Gasteiger partial charge < -0.3 is 14.6 Å². The van der Waals surface area contributed by atoms with Crippen LogP contribution in [0.2, 0.25) is 5.15 Å². The van der Waals surface area contributed by atoms with Gasteiger partial charge in [0.2, 0.25) is 0 Å². The molecule has 0 aliphatic rings. The van der Waals surface area contributed by atoms with E-state index < -0.39 is 11.7 Å². The molecule has 34 heavy (non-hydrogen) atoms. The van der Waals surface area contributed by atoms with Crippen molar-refractivity contribution in [1.82, 2.24) is 19.9 Å². The average molecular weight is 479 g/mol. The van der Waals surface area contributed by atoms with Crippen LogP contribution < -0.4 is 5.32 Å². The van der Waals surface area contributed by atoms with Gasteiger partial charge in [0.1, 0.15) is 16.9 Å². The van der Waals surface area contributed by atoms with E-state index in [9.17, 15) is 4.79 Å². The number of aryl methyl sites for hydroxylation is 1. The van der Waals surface area contributed by atoms with Gasteiger partial charge in [0, 0.05) is 24.9 Å². The Balaban J connectivity index is 1.61. The van der Waals surface area contributed by atoms with Crippen molar-refractivity contribution in [1.29, 1.82) is 0 Å². The molecule has 0 radical (unpaired) electrons. The minimum atomic E-state index is -0.514. The maximum absolute atomic E-state index is 11.9. The Kier molecular flexibility index (Phi) is 7.08. The van der Waals surface area contributed by atoms with Crippen molar-refractivity contribution in [3.63, 3.8) is 0 Å². The number of hydrogen-bond donors (Lipinski definition) is 1. The number of unbranched alkanes of at least 4 members (excludes halogenated alkanes) is 1. The number of halogens is 1. The molecule has 1 amide bonds. The fourth-order valence-electron chi connectivity index (χ4n) is 3.98. The minimum Gasteiger partial charge on any atom is -0.444 e. The fraction of sp³-hybridized carbons (Fsp3) is 0.370. The second-order valence-electron chi connectivity index (χ2n) is 9.51. The van der Waals surface area contributed by atoms with Crippen molar-refractivity contribution >= 4 is 39.6 Å². The van der Waals surface area contributed by atoms with Crippen LogP contribution in [0.25, 0.3) is 21.9 Å². The van der Waals surface area contributed by atoms with Crippen LogP contribution in [0.5, 0.6) is 0 Å². The standard InChI is InChI=1S/C27H31ClN4O2/c1-5-6-11-22-31-23-24(20-9-7-8-10-21(20)30-25(23)28)32(22)17-19-14-12-18(13-15-19)16-29-26(33)34-27(2,3)4/h7-10,12-15H,5-6,11,16-17H2,1-4H3,(H,29,33). The van der Waals surface area contributed by atoms with E-state index >= 15 is 0 Å². The number of imidazole rings is 1. The van der Waals surface area contributed by atoms with Crippen LogP contribution in [0.15, 0.2) is 48.5 Å². The highest BCUT2D eigenvalue weighted by Gasteiger charge is 2.18. The fourth-order valence-corrected chi connectivity index (χ4v) is 4.20. The number of aromatic nitrogens is 3. The van der Waals surface area contributed by atoms with E-state index in [2.05, 4.69) is 40.0 Å². The Morgan fingerprint density at radius 2 is 1.76 bits per heavy atom. The predicted octanol–water partition coefficient (Wildman–Crippen LogP) is 6.65. The zero-order chi connectivity index (χ0) is 24.3. The molecule has 0 aliphatic carbocycles. The third kappa shape index (κ3) is 5.50. The molecular weight excluding hydrogens is 448 g/mol. The third-order valence-corrected chi connectivity index (χ3v) is 5.84. The molecule has 1 N–H and O–H groups in total. The first-order valence-corrected chi connectivity index (χ1v) is 12.1. The molecule has 2 heterocycles. The highest BCUT2D eigenvalue weighted by molar-refractivity contribution is 6.35. The minimum absolute atomic E-state index is 0.414. The maximum atomic E-state index is 11.9. The molecule has 178 valence electrons. The molecule has 7 heteroatoms. The van der Waals surface area contributed by atoms with E-state index in [4.69, 9.17) is 21.3 Å². The van der Waals surface area contributed by atoms with Crippen LogP contribution >= 0.6 is 11.6 Å². The number of pyridine rings is 1. The summed E-state index contributed by atoms with van der Waals surface area (Å²) >= 11 is 6.55. The number of nitrogens with zero attached hydrogens (tertiary/aromatic N) is 3.